The number of Topliss-reactive ketones (excluding diaryl/α,β-unsaturated/α-hetero) is 2. The van der Waals surface area contributed by atoms with Crippen LogP contribution in [0.1, 0.15) is 24.0 Å². The van der Waals surface area contributed by atoms with E-state index in [1.54, 1.807) is 0 Å². The van der Waals surface area contributed by atoms with Gasteiger partial charge in [-0.3, -0.25) is 9.59 Å². The average Bonchev–Trinajstić information content (AvgIpc) is 2.44. The quantitative estimate of drug-likeness (QED) is 0.414. The van der Waals surface area contributed by atoms with Crippen molar-refractivity contribution in [3.63, 3.8) is 0 Å². The van der Waals surface area contributed by atoms with Crippen molar-refractivity contribution < 1.29 is 19.1 Å². The van der Waals surface area contributed by atoms with Gasteiger partial charge >= 0.3 is 5.97 Å². The first-order valence-corrected chi connectivity index (χ1v) is 6.41. The first kappa shape index (κ1) is 15.8. The summed E-state index contributed by atoms with van der Waals surface area (Å²) in [6.45, 7) is 5.35. The molecule has 0 atom stereocenters. The fourth-order valence-electron chi connectivity index (χ4n) is 1.59. The van der Waals surface area contributed by atoms with Gasteiger partial charge in [-0.15, -0.1) is 0 Å². The number of rotatable bonds is 8. The zero-order chi connectivity index (χ0) is 15.0. The van der Waals surface area contributed by atoms with Crippen LogP contribution in [0.3, 0.4) is 0 Å². The number of hydrogen-bond donors (Lipinski definition) is 0. The molecule has 0 radical (unpaired) electrons. The van der Waals surface area contributed by atoms with Crippen LogP contribution in [0, 0.1) is 6.92 Å². The third-order valence-corrected chi connectivity index (χ3v) is 2.71. The van der Waals surface area contributed by atoms with Gasteiger partial charge in [0.25, 0.3) is 0 Å². The lowest BCUT2D eigenvalue weighted by Gasteiger charge is -2.02. The number of hydrogen-bond acceptors (Lipinski definition) is 4. The maximum atomic E-state index is 11.7. The van der Waals surface area contributed by atoms with Gasteiger partial charge in [0, 0.05) is 19.3 Å². The van der Waals surface area contributed by atoms with Crippen molar-refractivity contribution in [3.8, 4) is 0 Å². The van der Waals surface area contributed by atoms with Crippen molar-refractivity contribution in [2.24, 2.45) is 0 Å². The lowest BCUT2D eigenvalue weighted by Crippen LogP contribution is -2.18. The van der Waals surface area contributed by atoms with E-state index in [9.17, 15) is 14.4 Å². The van der Waals surface area contributed by atoms with Crippen LogP contribution in [0.25, 0.3) is 0 Å². The Hall–Kier alpha value is -2.23. The topological polar surface area (TPSA) is 60.4 Å². The Morgan fingerprint density at radius 3 is 2.40 bits per heavy atom. The van der Waals surface area contributed by atoms with E-state index in [0.717, 1.165) is 11.1 Å². The molecule has 4 nitrogen and oxygen atoms in total. The van der Waals surface area contributed by atoms with Gasteiger partial charge in [0.05, 0.1) is 0 Å². The number of benzene rings is 1. The van der Waals surface area contributed by atoms with Gasteiger partial charge in [0.15, 0.2) is 0 Å². The second-order valence-electron chi connectivity index (χ2n) is 4.51. The largest absolute Gasteiger partial charge is 0.456 e. The highest BCUT2D eigenvalue weighted by Gasteiger charge is 2.16. The Balaban J connectivity index is 2.36. The van der Waals surface area contributed by atoms with Crippen molar-refractivity contribution in [2.45, 2.75) is 26.2 Å². The van der Waals surface area contributed by atoms with Gasteiger partial charge in [0.1, 0.15) is 12.4 Å². The summed E-state index contributed by atoms with van der Waals surface area (Å²) in [6, 6.07) is 7.63. The van der Waals surface area contributed by atoms with E-state index in [0.29, 0.717) is 0 Å². The molecule has 0 heterocycles. The second kappa shape index (κ2) is 8.04. The Morgan fingerprint density at radius 2 is 1.80 bits per heavy atom. The molecular formula is C16H18O4. The summed E-state index contributed by atoms with van der Waals surface area (Å²) < 4.78 is 4.60. The third-order valence-electron chi connectivity index (χ3n) is 2.71. The maximum absolute atomic E-state index is 11.7. The second-order valence-corrected chi connectivity index (χ2v) is 4.51. The zero-order valence-corrected chi connectivity index (χ0v) is 11.6. The normalized spacial score (nSPS) is 9.85. The zero-order valence-electron chi connectivity index (χ0n) is 11.6. The molecule has 0 bridgehead atoms. The molecule has 1 aromatic rings. The Labute approximate surface area is 118 Å². The minimum Gasteiger partial charge on any atom is -0.456 e. The summed E-state index contributed by atoms with van der Waals surface area (Å²) in [4.78, 5) is 34.3. The summed E-state index contributed by atoms with van der Waals surface area (Å²) in [5, 5.41) is 0. The molecule has 0 unspecified atom stereocenters. The number of aryl methyl sites for hydroxylation is 1. The summed E-state index contributed by atoms with van der Waals surface area (Å²) in [6.07, 6.45) is 1.60. The van der Waals surface area contributed by atoms with E-state index >= 15 is 0 Å². The predicted molar refractivity (Wildman–Crippen MR) is 75.3 cm³/mol. The first-order chi connectivity index (χ1) is 9.52. The molecule has 0 saturated carbocycles. The van der Waals surface area contributed by atoms with Gasteiger partial charge in [-0.2, -0.15) is 0 Å². The molecule has 0 aliphatic carbocycles. The van der Waals surface area contributed by atoms with E-state index in [-0.39, 0.29) is 31.7 Å². The molecular weight excluding hydrogens is 256 g/mol. The summed E-state index contributed by atoms with van der Waals surface area (Å²) in [5.41, 5.74) is 2.03. The molecule has 0 saturated heterocycles. The molecule has 0 aliphatic rings. The number of ether oxygens (including phenoxy) is 1. The van der Waals surface area contributed by atoms with Gasteiger partial charge < -0.3 is 4.74 Å². The van der Waals surface area contributed by atoms with Crippen LogP contribution >= 0.6 is 0 Å². The van der Waals surface area contributed by atoms with Crippen LogP contribution in [0.2, 0.25) is 0 Å². The molecule has 0 spiro atoms. The molecule has 4 heteroatoms. The average molecular weight is 274 g/mol. The molecule has 0 aliphatic heterocycles. The fraction of sp³-hybridized carbons (Fsp3) is 0.312. The molecule has 0 fully saturated rings. The third kappa shape index (κ3) is 5.61. The fourth-order valence-corrected chi connectivity index (χ4v) is 1.59. The Kier molecular flexibility index (Phi) is 6.37. The van der Waals surface area contributed by atoms with Crippen LogP contribution in [0.5, 0.6) is 0 Å². The van der Waals surface area contributed by atoms with Crippen LogP contribution < -0.4 is 0 Å². The Morgan fingerprint density at radius 1 is 1.15 bits per heavy atom. The minimum absolute atomic E-state index is 0.00187. The van der Waals surface area contributed by atoms with Gasteiger partial charge in [0.2, 0.25) is 5.78 Å². The lowest BCUT2D eigenvalue weighted by atomic mass is 10.0. The van der Waals surface area contributed by atoms with Crippen molar-refractivity contribution in [1.29, 1.82) is 0 Å². The Bertz CT molecular complexity index is 500. The lowest BCUT2D eigenvalue weighted by molar-refractivity contribution is -0.153. The van der Waals surface area contributed by atoms with Gasteiger partial charge in [-0.25, -0.2) is 4.79 Å². The van der Waals surface area contributed by atoms with Crippen LogP contribution in [-0.4, -0.2) is 24.1 Å². The number of ketones is 2. The summed E-state index contributed by atoms with van der Waals surface area (Å²) in [5.74, 6) is -1.66. The highest BCUT2D eigenvalue weighted by atomic mass is 16.5. The molecule has 20 heavy (non-hydrogen) atoms. The first-order valence-electron chi connectivity index (χ1n) is 6.41. The SMILES string of the molecule is C=CCOC(=O)C(=O)CCC(=O)Cc1ccc(C)cc1. The van der Waals surface area contributed by atoms with Gasteiger partial charge in [-0.1, -0.05) is 42.5 Å². The number of carbonyl (C=O) groups excluding carboxylic acids is 3. The van der Waals surface area contributed by atoms with Crippen LogP contribution in [0.15, 0.2) is 36.9 Å². The molecule has 0 aromatic heterocycles. The van der Waals surface area contributed by atoms with E-state index < -0.39 is 11.8 Å². The van der Waals surface area contributed by atoms with Crippen molar-refractivity contribution in [2.75, 3.05) is 6.61 Å². The van der Waals surface area contributed by atoms with Crippen LogP contribution in [-0.2, 0) is 25.5 Å². The standard InChI is InChI=1S/C16H18O4/c1-3-10-20-16(19)15(18)9-8-14(17)11-13-6-4-12(2)5-7-13/h3-7H,1,8-11H2,2H3. The molecule has 1 aromatic carbocycles. The molecule has 106 valence electrons. The smallest absolute Gasteiger partial charge is 0.374 e. The highest BCUT2D eigenvalue weighted by molar-refractivity contribution is 6.33. The van der Waals surface area contributed by atoms with E-state index in [4.69, 9.17) is 0 Å². The predicted octanol–water partition coefficient (Wildman–Crippen LogP) is 2.19. The maximum Gasteiger partial charge on any atom is 0.374 e. The van der Waals surface area contributed by atoms with Crippen molar-refractivity contribution in [1.82, 2.24) is 0 Å². The summed E-state index contributed by atoms with van der Waals surface area (Å²) >= 11 is 0. The molecule has 0 N–H and O–H groups in total. The van der Waals surface area contributed by atoms with E-state index in [1.807, 2.05) is 31.2 Å². The molecule has 0 amide bonds. The summed E-state index contributed by atoms with van der Waals surface area (Å²) in [7, 11) is 0. The van der Waals surface area contributed by atoms with Crippen LogP contribution in [0.4, 0.5) is 0 Å². The number of carbonyl (C=O) groups is 3. The van der Waals surface area contributed by atoms with Crippen molar-refractivity contribution >= 4 is 17.5 Å². The highest BCUT2D eigenvalue weighted by Crippen LogP contribution is 2.06. The van der Waals surface area contributed by atoms with E-state index in [1.165, 1.54) is 6.08 Å². The van der Waals surface area contributed by atoms with Gasteiger partial charge in [-0.05, 0) is 12.5 Å². The minimum atomic E-state index is -0.909. The van der Waals surface area contributed by atoms with E-state index in [2.05, 4.69) is 11.3 Å². The van der Waals surface area contributed by atoms with Crippen molar-refractivity contribution in [3.05, 3.63) is 48.0 Å². The monoisotopic (exact) mass is 274 g/mol. The number of esters is 1. The molecule has 1 rings (SSSR count).